The van der Waals surface area contributed by atoms with Gasteiger partial charge in [0.2, 0.25) is 0 Å². The average molecular weight is 317 g/mol. The molecule has 1 amide bonds. The van der Waals surface area contributed by atoms with E-state index in [1.54, 1.807) is 17.0 Å². The van der Waals surface area contributed by atoms with E-state index in [4.69, 9.17) is 0 Å². The van der Waals surface area contributed by atoms with Gasteiger partial charge >= 0.3 is 6.61 Å². The Morgan fingerprint density at radius 3 is 2.65 bits per heavy atom. The lowest BCUT2D eigenvalue weighted by Gasteiger charge is -2.35. The Kier molecular flexibility index (Phi) is 4.28. The van der Waals surface area contributed by atoms with E-state index in [0.717, 1.165) is 24.1 Å². The first kappa shape index (κ1) is 15.5. The zero-order chi connectivity index (χ0) is 16.4. The highest BCUT2D eigenvalue weighted by molar-refractivity contribution is 6.08. The second-order valence-corrected chi connectivity index (χ2v) is 5.57. The standard InChI is InChI=1S/C18H17F2NO2/c1-12-10-11-13-6-2-4-8-15(13)21(12)17(22)14-7-3-5-9-16(14)23-18(19)20/h2-9,12,18H,10-11H2,1H3. The Labute approximate surface area is 133 Å². The molecule has 1 heterocycles. The zero-order valence-electron chi connectivity index (χ0n) is 12.7. The number of alkyl halides is 2. The predicted molar refractivity (Wildman–Crippen MR) is 84.1 cm³/mol. The molecule has 1 aliphatic rings. The van der Waals surface area contributed by atoms with Crippen LogP contribution in [-0.2, 0) is 6.42 Å². The highest BCUT2D eigenvalue weighted by Crippen LogP contribution is 2.33. The minimum atomic E-state index is -2.96. The first-order valence-corrected chi connectivity index (χ1v) is 7.53. The molecule has 1 atom stereocenters. The molecular formula is C18H17F2NO2. The van der Waals surface area contributed by atoms with Crippen LogP contribution in [0.25, 0.3) is 0 Å². The Hall–Kier alpha value is -2.43. The third-order valence-corrected chi connectivity index (χ3v) is 4.08. The van der Waals surface area contributed by atoms with E-state index in [2.05, 4.69) is 4.74 Å². The summed E-state index contributed by atoms with van der Waals surface area (Å²) in [6, 6.07) is 13.8. The van der Waals surface area contributed by atoms with Crippen LogP contribution in [0.4, 0.5) is 14.5 Å². The van der Waals surface area contributed by atoms with Crippen molar-refractivity contribution in [1.29, 1.82) is 0 Å². The second-order valence-electron chi connectivity index (χ2n) is 5.57. The van der Waals surface area contributed by atoms with Crippen LogP contribution in [0, 0.1) is 0 Å². The molecule has 0 N–H and O–H groups in total. The lowest BCUT2D eigenvalue weighted by atomic mass is 9.95. The van der Waals surface area contributed by atoms with Crippen LogP contribution in [0.1, 0.15) is 29.3 Å². The molecule has 0 fully saturated rings. The molecule has 0 aromatic heterocycles. The summed E-state index contributed by atoms with van der Waals surface area (Å²) >= 11 is 0. The maximum Gasteiger partial charge on any atom is 0.387 e. The molecule has 3 nitrogen and oxygen atoms in total. The number of ether oxygens (including phenoxy) is 1. The van der Waals surface area contributed by atoms with Crippen LogP contribution in [0.3, 0.4) is 0 Å². The average Bonchev–Trinajstić information content (AvgIpc) is 2.54. The van der Waals surface area contributed by atoms with E-state index in [1.807, 2.05) is 31.2 Å². The fraction of sp³-hybridized carbons (Fsp3) is 0.278. The number of hydrogen-bond acceptors (Lipinski definition) is 2. The minimum Gasteiger partial charge on any atom is -0.434 e. The number of rotatable bonds is 3. The molecule has 0 spiro atoms. The molecular weight excluding hydrogens is 300 g/mol. The molecule has 1 unspecified atom stereocenters. The van der Waals surface area contributed by atoms with Gasteiger partial charge in [0, 0.05) is 11.7 Å². The van der Waals surface area contributed by atoms with Crippen molar-refractivity contribution in [2.24, 2.45) is 0 Å². The molecule has 0 saturated carbocycles. The number of amides is 1. The van der Waals surface area contributed by atoms with Crippen molar-refractivity contribution in [3.63, 3.8) is 0 Å². The van der Waals surface area contributed by atoms with E-state index in [0.29, 0.717) is 0 Å². The molecule has 0 radical (unpaired) electrons. The van der Waals surface area contributed by atoms with Crippen LogP contribution in [-0.4, -0.2) is 18.6 Å². The summed E-state index contributed by atoms with van der Waals surface area (Å²) in [4.78, 5) is 14.6. The molecule has 5 heteroatoms. The third-order valence-electron chi connectivity index (χ3n) is 4.08. The van der Waals surface area contributed by atoms with Crippen molar-refractivity contribution in [3.05, 3.63) is 59.7 Å². The van der Waals surface area contributed by atoms with E-state index in [1.165, 1.54) is 12.1 Å². The van der Waals surface area contributed by atoms with E-state index >= 15 is 0 Å². The van der Waals surface area contributed by atoms with Gasteiger partial charge in [0.25, 0.3) is 5.91 Å². The van der Waals surface area contributed by atoms with E-state index in [-0.39, 0.29) is 23.3 Å². The van der Waals surface area contributed by atoms with Gasteiger partial charge in [-0.2, -0.15) is 8.78 Å². The monoisotopic (exact) mass is 317 g/mol. The minimum absolute atomic E-state index is 0.00277. The molecule has 120 valence electrons. The number of carbonyl (C=O) groups is 1. The van der Waals surface area contributed by atoms with Gasteiger partial charge in [-0.1, -0.05) is 30.3 Å². The zero-order valence-corrected chi connectivity index (χ0v) is 12.7. The highest BCUT2D eigenvalue weighted by atomic mass is 19.3. The van der Waals surface area contributed by atoms with Crippen LogP contribution >= 0.6 is 0 Å². The van der Waals surface area contributed by atoms with E-state index < -0.39 is 6.61 Å². The van der Waals surface area contributed by atoms with Gasteiger partial charge in [0.1, 0.15) is 5.75 Å². The number of nitrogens with zero attached hydrogens (tertiary/aromatic N) is 1. The lowest BCUT2D eigenvalue weighted by Crippen LogP contribution is -2.42. The summed E-state index contributed by atoms with van der Waals surface area (Å²) < 4.78 is 29.6. The summed E-state index contributed by atoms with van der Waals surface area (Å²) in [5, 5.41) is 0. The SMILES string of the molecule is CC1CCc2ccccc2N1C(=O)c1ccccc1OC(F)F. The highest BCUT2D eigenvalue weighted by Gasteiger charge is 2.30. The second kappa shape index (κ2) is 6.36. The Morgan fingerprint density at radius 1 is 1.17 bits per heavy atom. The fourth-order valence-corrected chi connectivity index (χ4v) is 2.97. The van der Waals surface area contributed by atoms with Gasteiger partial charge in [-0.15, -0.1) is 0 Å². The first-order valence-electron chi connectivity index (χ1n) is 7.53. The number of carbonyl (C=O) groups excluding carboxylic acids is 1. The molecule has 0 aliphatic carbocycles. The third kappa shape index (κ3) is 3.04. The topological polar surface area (TPSA) is 29.5 Å². The van der Waals surface area contributed by atoms with Gasteiger partial charge in [-0.3, -0.25) is 4.79 Å². The molecule has 23 heavy (non-hydrogen) atoms. The Morgan fingerprint density at radius 2 is 1.87 bits per heavy atom. The van der Waals surface area contributed by atoms with Crippen molar-refractivity contribution < 1.29 is 18.3 Å². The maximum absolute atomic E-state index is 13.0. The summed E-state index contributed by atoms with van der Waals surface area (Å²) in [6.07, 6.45) is 1.73. The normalized spacial score (nSPS) is 17.0. The Balaban J connectivity index is 2.01. The first-order chi connectivity index (χ1) is 11.1. The van der Waals surface area contributed by atoms with Crippen molar-refractivity contribution in [2.45, 2.75) is 32.4 Å². The van der Waals surface area contributed by atoms with Gasteiger partial charge in [-0.25, -0.2) is 0 Å². The van der Waals surface area contributed by atoms with Crippen LogP contribution in [0.5, 0.6) is 5.75 Å². The number of anilines is 1. The lowest BCUT2D eigenvalue weighted by molar-refractivity contribution is -0.0501. The smallest absolute Gasteiger partial charge is 0.387 e. The Bertz CT molecular complexity index is 718. The van der Waals surface area contributed by atoms with Crippen molar-refractivity contribution in [3.8, 4) is 5.75 Å². The van der Waals surface area contributed by atoms with Gasteiger partial charge in [0.05, 0.1) is 5.56 Å². The maximum atomic E-state index is 13.0. The fourth-order valence-electron chi connectivity index (χ4n) is 2.97. The van der Waals surface area contributed by atoms with Crippen molar-refractivity contribution in [1.82, 2.24) is 0 Å². The summed E-state index contributed by atoms with van der Waals surface area (Å²) in [6.45, 7) is -1.00. The van der Waals surface area contributed by atoms with E-state index in [9.17, 15) is 13.6 Å². The summed E-state index contributed by atoms with van der Waals surface area (Å²) in [5.74, 6) is -0.413. The van der Waals surface area contributed by atoms with Crippen LogP contribution < -0.4 is 9.64 Å². The van der Waals surface area contributed by atoms with Crippen LogP contribution in [0.2, 0.25) is 0 Å². The molecule has 0 bridgehead atoms. The molecule has 2 aromatic carbocycles. The summed E-state index contributed by atoms with van der Waals surface area (Å²) in [5.41, 5.74) is 2.07. The van der Waals surface area contributed by atoms with Gasteiger partial charge in [0.15, 0.2) is 0 Å². The molecule has 1 aliphatic heterocycles. The molecule has 0 saturated heterocycles. The van der Waals surface area contributed by atoms with Gasteiger partial charge < -0.3 is 9.64 Å². The number of para-hydroxylation sites is 2. The quantitative estimate of drug-likeness (QED) is 0.846. The molecule has 2 aromatic rings. The molecule has 3 rings (SSSR count). The number of halogens is 2. The number of fused-ring (bicyclic) bond motifs is 1. The van der Waals surface area contributed by atoms with Crippen molar-refractivity contribution in [2.75, 3.05) is 4.90 Å². The number of hydrogen-bond donors (Lipinski definition) is 0. The van der Waals surface area contributed by atoms with Crippen LogP contribution in [0.15, 0.2) is 48.5 Å². The van der Waals surface area contributed by atoms with Gasteiger partial charge in [-0.05, 0) is 43.5 Å². The number of benzene rings is 2. The summed E-state index contributed by atoms with van der Waals surface area (Å²) in [7, 11) is 0. The number of aryl methyl sites for hydroxylation is 1. The predicted octanol–water partition coefficient (Wildman–Crippen LogP) is 4.27. The van der Waals surface area contributed by atoms with Crippen molar-refractivity contribution >= 4 is 11.6 Å². The largest absolute Gasteiger partial charge is 0.434 e.